The van der Waals surface area contributed by atoms with Crippen LogP contribution in [0.4, 0.5) is 5.69 Å². The fourth-order valence-electron chi connectivity index (χ4n) is 2.88. The molecule has 0 aliphatic heterocycles. The van der Waals surface area contributed by atoms with Crippen LogP contribution in [0.5, 0.6) is 0 Å². The molecule has 1 aromatic heterocycles. The molecule has 0 spiro atoms. The Hall–Kier alpha value is -1.66. The van der Waals surface area contributed by atoms with E-state index in [-0.39, 0.29) is 5.91 Å². The molecule has 1 aromatic carbocycles. The molecule has 2 aromatic rings. The van der Waals surface area contributed by atoms with E-state index in [4.69, 9.17) is 23.2 Å². The van der Waals surface area contributed by atoms with Gasteiger partial charge in [0.2, 0.25) is 0 Å². The van der Waals surface area contributed by atoms with Crippen molar-refractivity contribution >= 4 is 34.8 Å². The van der Waals surface area contributed by atoms with E-state index in [2.05, 4.69) is 20.8 Å². The number of carbonyl (C=O) groups excluding carboxylic acids is 1. The molecule has 1 N–H and O–H groups in total. The minimum atomic E-state index is -0.742. The van der Waals surface area contributed by atoms with Crippen LogP contribution in [0.2, 0.25) is 10.0 Å². The number of benzene rings is 1. The van der Waals surface area contributed by atoms with Gasteiger partial charge in [0, 0.05) is 5.69 Å². The zero-order valence-corrected chi connectivity index (χ0v) is 13.3. The summed E-state index contributed by atoms with van der Waals surface area (Å²) in [6, 6.07) is 5.02. The van der Waals surface area contributed by atoms with Crippen molar-refractivity contribution in [3.8, 4) is 0 Å². The number of rotatable bonds is 3. The number of tetrazole rings is 1. The monoisotopic (exact) mass is 339 g/mol. The fourth-order valence-corrected chi connectivity index (χ4v) is 3.17. The molecule has 0 unspecified atom stereocenters. The van der Waals surface area contributed by atoms with Crippen LogP contribution in [-0.2, 0) is 10.3 Å². The van der Waals surface area contributed by atoms with Crippen molar-refractivity contribution in [1.82, 2.24) is 20.2 Å². The predicted molar refractivity (Wildman–Crippen MR) is 84.0 cm³/mol. The lowest BCUT2D eigenvalue weighted by atomic mass is 9.81. The topological polar surface area (TPSA) is 72.7 Å². The van der Waals surface area contributed by atoms with Gasteiger partial charge >= 0.3 is 0 Å². The van der Waals surface area contributed by atoms with Crippen LogP contribution in [0.1, 0.15) is 32.1 Å². The van der Waals surface area contributed by atoms with E-state index in [1.54, 1.807) is 22.9 Å². The zero-order chi connectivity index (χ0) is 15.6. The number of amides is 1. The number of hydrogen-bond donors (Lipinski definition) is 1. The number of hydrogen-bond acceptors (Lipinski definition) is 4. The fraction of sp³-hybridized carbons (Fsp3) is 0.429. The molecule has 22 heavy (non-hydrogen) atoms. The van der Waals surface area contributed by atoms with Crippen LogP contribution in [0.3, 0.4) is 0 Å². The van der Waals surface area contributed by atoms with Crippen molar-refractivity contribution in [2.75, 3.05) is 5.32 Å². The van der Waals surface area contributed by atoms with Gasteiger partial charge in [-0.25, -0.2) is 4.68 Å². The average Bonchev–Trinajstić information content (AvgIpc) is 3.06. The minimum Gasteiger partial charge on any atom is -0.324 e. The first-order chi connectivity index (χ1) is 10.6. The Labute approximate surface area is 137 Å². The highest BCUT2D eigenvalue weighted by molar-refractivity contribution is 6.42. The van der Waals surface area contributed by atoms with E-state index in [9.17, 15) is 4.79 Å². The van der Waals surface area contributed by atoms with Crippen LogP contribution in [0.15, 0.2) is 24.5 Å². The van der Waals surface area contributed by atoms with Crippen molar-refractivity contribution < 1.29 is 4.79 Å². The van der Waals surface area contributed by atoms with Crippen LogP contribution >= 0.6 is 23.2 Å². The van der Waals surface area contributed by atoms with Crippen molar-refractivity contribution in [3.63, 3.8) is 0 Å². The van der Waals surface area contributed by atoms with E-state index in [0.717, 1.165) is 19.3 Å². The Morgan fingerprint density at radius 2 is 1.95 bits per heavy atom. The molecular formula is C14H15Cl2N5O. The number of halogens is 2. The molecule has 1 fully saturated rings. The molecule has 3 rings (SSSR count). The third-order valence-electron chi connectivity index (χ3n) is 4.07. The van der Waals surface area contributed by atoms with E-state index >= 15 is 0 Å². The van der Waals surface area contributed by atoms with Gasteiger partial charge < -0.3 is 5.32 Å². The molecule has 116 valence electrons. The Balaban J connectivity index is 1.88. The molecule has 0 saturated heterocycles. The lowest BCUT2D eigenvalue weighted by Crippen LogP contribution is -2.47. The maximum Gasteiger partial charge on any atom is 0.252 e. The van der Waals surface area contributed by atoms with Gasteiger partial charge in [0.15, 0.2) is 0 Å². The second-order valence-electron chi connectivity index (χ2n) is 5.43. The van der Waals surface area contributed by atoms with Gasteiger partial charge in [-0.2, -0.15) is 0 Å². The summed E-state index contributed by atoms with van der Waals surface area (Å²) in [7, 11) is 0. The summed E-state index contributed by atoms with van der Waals surface area (Å²) in [4.78, 5) is 12.9. The van der Waals surface area contributed by atoms with E-state index in [0.29, 0.717) is 28.6 Å². The number of carbonyl (C=O) groups is 1. The van der Waals surface area contributed by atoms with Crippen LogP contribution in [0.25, 0.3) is 0 Å². The SMILES string of the molecule is O=C(Nc1ccc(Cl)c(Cl)c1)C1(n2cnnn2)CCCCC1. The van der Waals surface area contributed by atoms with Crippen molar-refractivity contribution in [2.24, 2.45) is 0 Å². The van der Waals surface area contributed by atoms with Crippen molar-refractivity contribution in [1.29, 1.82) is 0 Å². The Morgan fingerprint density at radius 1 is 1.18 bits per heavy atom. The molecule has 8 heteroatoms. The highest BCUT2D eigenvalue weighted by Crippen LogP contribution is 2.35. The summed E-state index contributed by atoms with van der Waals surface area (Å²) >= 11 is 11.9. The maximum atomic E-state index is 12.9. The van der Waals surface area contributed by atoms with E-state index < -0.39 is 5.54 Å². The molecule has 0 radical (unpaired) electrons. The summed E-state index contributed by atoms with van der Waals surface area (Å²) in [5, 5.41) is 15.1. The lowest BCUT2D eigenvalue weighted by Gasteiger charge is -2.35. The van der Waals surface area contributed by atoms with Gasteiger partial charge in [-0.3, -0.25) is 4.79 Å². The largest absolute Gasteiger partial charge is 0.324 e. The number of nitrogens with zero attached hydrogens (tertiary/aromatic N) is 4. The van der Waals surface area contributed by atoms with Crippen LogP contribution in [0, 0.1) is 0 Å². The predicted octanol–water partition coefficient (Wildman–Crippen LogP) is 3.28. The van der Waals surface area contributed by atoms with Crippen molar-refractivity contribution in [3.05, 3.63) is 34.6 Å². The highest BCUT2D eigenvalue weighted by atomic mass is 35.5. The second kappa shape index (κ2) is 6.22. The summed E-state index contributed by atoms with van der Waals surface area (Å²) < 4.78 is 1.57. The Bertz CT molecular complexity index is 668. The van der Waals surface area contributed by atoms with Crippen molar-refractivity contribution in [2.45, 2.75) is 37.6 Å². The smallest absolute Gasteiger partial charge is 0.252 e. The summed E-state index contributed by atoms with van der Waals surface area (Å²) in [5.74, 6) is -0.127. The molecule has 6 nitrogen and oxygen atoms in total. The maximum absolute atomic E-state index is 12.9. The molecule has 0 atom stereocenters. The van der Waals surface area contributed by atoms with Crippen LogP contribution in [-0.4, -0.2) is 26.1 Å². The normalized spacial score (nSPS) is 17.2. The highest BCUT2D eigenvalue weighted by Gasteiger charge is 2.42. The minimum absolute atomic E-state index is 0.127. The standard InChI is InChI=1S/C14H15Cl2N5O/c15-11-5-4-10(8-12(11)16)18-13(22)14(6-2-1-3-7-14)21-9-17-19-20-21/h4-5,8-9H,1-3,6-7H2,(H,18,22). The molecule has 1 aliphatic rings. The first-order valence-electron chi connectivity index (χ1n) is 7.12. The zero-order valence-electron chi connectivity index (χ0n) is 11.8. The van der Waals surface area contributed by atoms with Gasteiger partial charge in [-0.1, -0.05) is 42.5 Å². The average molecular weight is 340 g/mol. The van der Waals surface area contributed by atoms with Gasteiger partial charge in [-0.05, 0) is 41.5 Å². The Morgan fingerprint density at radius 3 is 2.59 bits per heavy atom. The lowest BCUT2D eigenvalue weighted by molar-refractivity contribution is -0.126. The van der Waals surface area contributed by atoms with Gasteiger partial charge in [0.25, 0.3) is 5.91 Å². The summed E-state index contributed by atoms with van der Waals surface area (Å²) in [6.45, 7) is 0. The van der Waals surface area contributed by atoms with Gasteiger partial charge in [-0.15, -0.1) is 5.10 Å². The molecule has 1 amide bonds. The van der Waals surface area contributed by atoms with Gasteiger partial charge in [0.1, 0.15) is 11.9 Å². The molecule has 0 bridgehead atoms. The second-order valence-corrected chi connectivity index (χ2v) is 6.24. The van der Waals surface area contributed by atoms with Gasteiger partial charge in [0.05, 0.1) is 10.0 Å². The third kappa shape index (κ3) is 2.80. The number of aromatic nitrogens is 4. The molecule has 1 aliphatic carbocycles. The van der Waals surface area contributed by atoms with Crippen LogP contribution < -0.4 is 5.32 Å². The van der Waals surface area contributed by atoms with E-state index in [1.165, 1.54) is 6.33 Å². The molecular weight excluding hydrogens is 325 g/mol. The molecule has 1 saturated carbocycles. The van der Waals surface area contributed by atoms with E-state index in [1.807, 2.05) is 0 Å². The molecule has 1 heterocycles. The first kappa shape index (κ1) is 15.2. The summed E-state index contributed by atoms with van der Waals surface area (Å²) in [6.07, 6.45) is 5.98. The summed E-state index contributed by atoms with van der Waals surface area (Å²) in [5.41, 5.74) is -0.133. The number of anilines is 1. The first-order valence-corrected chi connectivity index (χ1v) is 7.87. The third-order valence-corrected chi connectivity index (χ3v) is 4.81. The number of nitrogens with one attached hydrogen (secondary N) is 1. The quantitative estimate of drug-likeness (QED) is 0.931. The Kier molecular flexibility index (Phi) is 4.31.